The summed E-state index contributed by atoms with van der Waals surface area (Å²) in [6.07, 6.45) is 3.58. The van der Waals surface area contributed by atoms with Crippen molar-refractivity contribution in [2.24, 2.45) is 0 Å². The fourth-order valence-electron chi connectivity index (χ4n) is 1.59. The minimum absolute atomic E-state index is 0.152. The first-order valence-corrected chi connectivity index (χ1v) is 4.50. The number of likely N-dealkylation sites (tertiary alicyclic amines) is 1. The van der Waals surface area contributed by atoms with Gasteiger partial charge in [-0.3, -0.25) is 14.5 Å². The maximum Gasteiger partial charge on any atom is 0.261 e. The van der Waals surface area contributed by atoms with Crippen LogP contribution < -0.4 is 0 Å². The third-order valence-electron chi connectivity index (χ3n) is 2.30. The summed E-state index contributed by atoms with van der Waals surface area (Å²) >= 11 is 0. The number of allylic oxidation sites excluding steroid dienone is 2. The van der Waals surface area contributed by atoms with Crippen LogP contribution in [-0.2, 0) is 9.59 Å². The summed E-state index contributed by atoms with van der Waals surface area (Å²) in [5, 5.41) is 0. The smallest absolute Gasteiger partial charge is 0.261 e. The van der Waals surface area contributed by atoms with E-state index in [-0.39, 0.29) is 18.2 Å². The van der Waals surface area contributed by atoms with Gasteiger partial charge in [0.05, 0.1) is 12.0 Å². The number of hydrogen-bond acceptors (Lipinski definition) is 2. The number of rotatable bonds is 1. The Hall–Kier alpha value is -1.82. The van der Waals surface area contributed by atoms with E-state index in [0.717, 1.165) is 0 Å². The van der Waals surface area contributed by atoms with Gasteiger partial charge in [-0.2, -0.15) is 0 Å². The Labute approximate surface area is 81.7 Å². The quantitative estimate of drug-likeness (QED) is 0.452. The number of imide groups is 1. The number of fused-ring (bicyclic) bond motifs is 1. The summed E-state index contributed by atoms with van der Waals surface area (Å²) in [5.41, 5.74) is 6.78. The van der Waals surface area contributed by atoms with Crippen LogP contribution in [0.3, 0.4) is 0 Å². The van der Waals surface area contributed by atoms with E-state index in [1.807, 2.05) is 0 Å². The molecule has 2 amide bonds. The second-order valence-electron chi connectivity index (χ2n) is 3.11. The van der Waals surface area contributed by atoms with Crippen molar-refractivity contribution in [2.75, 3.05) is 6.54 Å². The van der Waals surface area contributed by atoms with Gasteiger partial charge >= 0.3 is 0 Å². The molecule has 0 aromatic heterocycles. The number of hydrogen-bond donors (Lipinski definition) is 0. The summed E-state index contributed by atoms with van der Waals surface area (Å²) in [6.45, 7) is 2.22. The van der Waals surface area contributed by atoms with E-state index in [9.17, 15) is 9.59 Å². The fourth-order valence-corrected chi connectivity index (χ4v) is 1.59. The van der Waals surface area contributed by atoms with Crippen molar-refractivity contribution in [1.82, 2.24) is 4.90 Å². The topological polar surface area (TPSA) is 37.4 Å². The molecule has 0 saturated carbocycles. The van der Waals surface area contributed by atoms with Crippen molar-refractivity contribution in [3.63, 3.8) is 0 Å². The first kappa shape index (κ1) is 8.76. The lowest BCUT2D eigenvalue weighted by Gasteiger charge is -2.26. The maximum atomic E-state index is 11.7. The van der Waals surface area contributed by atoms with Crippen molar-refractivity contribution in [1.29, 1.82) is 0 Å². The molecule has 70 valence electrons. The summed E-state index contributed by atoms with van der Waals surface area (Å²) < 4.78 is 0. The molecule has 3 heteroatoms. The summed E-state index contributed by atoms with van der Waals surface area (Å²) in [4.78, 5) is 24.5. The molecule has 0 spiro atoms. The lowest BCUT2D eigenvalue weighted by atomic mass is 9.95. The van der Waals surface area contributed by atoms with Crippen molar-refractivity contribution in [2.45, 2.75) is 13.3 Å². The number of piperidine rings is 1. The number of carbonyl (C=O) groups is 2. The molecule has 0 atom stereocenters. The molecule has 1 saturated heterocycles. The third-order valence-corrected chi connectivity index (χ3v) is 2.30. The van der Waals surface area contributed by atoms with Crippen LogP contribution in [0.25, 0.3) is 0 Å². The molecular weight excluding hydrogens is 178 g/mol. The van der Waals surface area contributed by atoms with Gasteiger partial charge in [-0.25, -0.2) is 0 Å². The van der Waals surface area contributed by atoms with E-state index < -0.39 is 0 Å². The van der Waals surface area contributed by atoms with Crippen LogP contribution in [0.2, 0.25) is 0 Å². The Morgan fingerprint density at radius 1 is 1.50 bits per heavy atom. The molecule has 1 aliphatic carbocycles. The average Bonchev–Trinajstić information content (AvgIpc) is 2.18. The van der Waals surface area contributed by atoms with E-state index in [2.05, 4.69) is 11.5 Å². The van der Waals surface area contributed by atoms with Gasteiger partial charge in [0.25, 0.3) is 5.91 Å². The van der Waals surface area contributed by atoms with Crippen LogP contribution >= 0.6 is 0 Å². The summed E-state index contributed by atoms with van der Waals surface area (Å²) in [6, 6.07) is 0. The Kier molecular flexibility index (Phi) is 1.97. The second-order valence-corrected chi connectivity index (χ2v) is 3.11. The minimum atomic E-state index is -0.219. The first-order valence-electron chi connectivity index (χ1n) is 4.50. The number of carbonyl (C=O) groups excluding carboxylic acids is 2. The Morgan fingerprint density at radius 2 is 2.29 bits per heavy atom. The highest BCUT2D eigenvalue weighted by Crippen LogP contribution is 2.24. The molecular formula is C11H9NO2. The second kappa shape index (κ2) is 3.15. The predicted octanol–water partition coefficient (Wildman–Crippen LogP) is 0.942. The monoisotopic (exact) mass is 187 g/mol. The highest BCUT2D eigenvalue weighted by atomic mass is 16.2. The normalized spacial score (nSPS) is 19.4. The van der Waals surface area contributed by atoms with E-state index in [0.29, 0.717) is 17.7 Å². The van der Waals surface area contributed by atoms with Gasteiger partial charge in [-0.15, -0.1) is 0 Å². The highest BCUT2D eigenvalue weighted by Gasteiger charge is 2.32. The molecule has 1 fully saturated rings. The third kappa shape index (κ3) is 1.16. The molecule has 0 aromatic rings. The summed E-state index contributed by atoms with van der Waals surface area (Å²) in [7, 11) is 0. The van der Waals surface area contributed by atoms with Crippen molar-refractivity contribution >= 4 is 11.8 Å². The van der Waals surface area contributed by atoms with Gasteiger partial charge in [-0.05, 0) is 19.1 Å². The van der Waals surface area contributed by atoms with Gasteiger partial charge < -0.3 is 0 Å². The maximum absolute atomic E-state index is 11.7. The van der Waals surface area contributed by atoms with E-state index in [4.69, 9.17) is 0 Å². The average molecular weight is 187 g/mol. The lowest BCUT2D eigenvalue weighted by molar-refractivity contribution is -0.143. The Morgan fingerprint density at radius 3 is 3.00 bits per heavy atom. The van der Waals surface area contributed by atoms with E-state index >= 15 is 0 Å². The van der Waals surface area contributed by atoms with Crippen LogP contribution in [0.15, 0.2) is 34.8 Å². The largest absolute Gasteiger partial charge is 0.278 e. The lowest BCUT2D eigenvalue weighted by Crippen LogP contribution is -2.42. The fraction of sp³-hybridized carbons (Fsp3) is 0.273. The molecule has 0 bridgehead atoms. The zero-order chi connectivity index (χ0) is 10.1. The molecule has 0 unspecified atom stereocenters. The molecule has 2 aliphatic rings. The van der Waals surface area contributed by atoms with E-state index in [1.165, 1.54) is 4.90 Å². The van der Waals surface area contributed by atoms with E-state index in [1.54, 1.807) is 19.1 Å². The molecule has 2 rings (SSSR count). The predicted molar refractivity (Wildman–Crippen MR) is 50.2 cm³/mol. The van der Waals surface area contributed by atoms with Gasteiger partial charge in [-0.1, -0.05) is 11.5 Å². The minimum Gasteiger partial charge on any atom is -0.278 e. The molecule has 0 aromatic carbocycles. The first-order chi connectivity index (χ1) is 6.74. The molecule has 0 radical (unpaired) electrons. The van der Waals surface area contributed by atoms with Crippen molar-refractivity contribution < 1.29 is 9.59 Å². The zero-order valence-corrected chi connectivity index (χ0v) is 7.83. The zero-order valence-electron chi connectivity index (χ0n) is 7.83. The number of amides is 2. The Bertz CT molecular complexity index is 444. The standard InChI is InChI=1S/C11H9NO2/c1-2-12-10(13)7-8-5-3-4-6-9(8)11(12)14/h4,6H,2,7H2,1H3. The van der Waals surface area contributed by atoms with Crippen LogP contribution in [0.5, 0.6) is 0 Å². The van der Waals surface area contributed by atoms with Crippen molar-refractivity contribution in [3.05, 3.63) is 34.8 Å². The van der Waals surface area contributed by atoms with Gasteiger partial charge in [0.2, 0.25) is 5.91 Å². The molecule has 0 N–H and O–H groups in total. The van der Waals surface area contributed by atoms with Gasteiger partial charge in [0, 0.05) is 12.1 Å². The van der Waals surface area contributed by atoms with Gasteiger partial charge in [0.1, 0.15) is 0 Å². The summed E-state index contributed by atoms with van der Waals surface area (Å²) in [5.74, 6) is -0.371. The molecule has 1 aliphatic heterocycles. The van der Waals surface area contributed by atoms with Crippen LogP contribution in [0.4, 0.5) is 0 Å². The van der Waals surface area contributed by atoms with Gasteiger partial charge in [0.15, 0.2) is 0 Å². The molecule has 3 nitrogen and oxygen atoms in total. The van der Waals surface area contributed by atoms with Crippen LogP contribution in [0.1, 0.15) is 13.3 Å². The molecule has 14 heavy (non-hydrogen) atoms. The number of nitrogens with zero attached hydrogens (tertiary/aromatic N) is 1. The van der Waals surface area contributed by atoms with Crippen LogP contribution in [-0.4, -0.2) is 23.3 Å². The Balaban J connectivity index is 2.45. The highest BCUT2D eigenvalue weighted by molar-refractivity contribution is 6.11. The van der Waals surface area contributed by atoms with Crippen LogP contribution in [0, 0.1) is 0 Å². The van der Waals surface area contributed by atoms with Crippen molar-refractivity contribution in [3.8, 4) is 0 Å². The molecule has 1 heterocycles. The SMILES string of the molecule is CCN1C(=O)CC2=C=C=CC=C2C1=O. The number of likely N-dealkylation sites (N-methyl/N-ethyl adjacent to an activating group) is 1.